The van der Waals surface area contributed by atoms with Crippen molar-refractivity contribution in [3.05, 3.63) is 94.5 Å². The topological polar surface area (TPSA) is 48.0 Å². The molecular weight excluding hydrogens is 402 g/mol. The number of halogens is 1. The van der Waals surface area contributed by atoms with Crippen molar-refractivity contribution in [2.45, 2.75) is 18.0 Å². The third-order valence-corrected chi connectivity index (χ3v) is 6.13. The van der Waals surface area contributed by atoms with E-state index in [9.17, 15) is 4.79 Å². The second kappa shape index (κ2) is 7.13. The lowest BCUT2D eigenvalue weighted by molar-refractivity contribution is -0.145. The molecule has 2 aliphatic heterocycles. The molecule has 0 saturated carbocycles. The van der Waals surface area contributed by atoms with Crippen molar-refractivity contribution in [1.29, 1.82) is 0 Å². The van der Waals surface area contributed by atoms with Gasteiger partial charge >= 0.3 is 0 Å². The number of hydrogen-bond donors (Lipinski definition) is 0. The monoisotopic (exact) mass is 421 g/mol. The maximum atomic E-state index is 13.6. The third kappa shape index (κ3) is 2.67. The maximum absolute atomic E-state index is 13.6. The first kappa shape index (κ1) is 19.1. The van der Waals surface area contributed by atoms with E-state index in [-0.39, 0.29) is 5.91 Å². The molecule has 1 saturated heterocycles. The quantitative estimate of drug-likeness (QED) is 0.596. The highest BCUT2D eigenvalue weighted by atomic mass is 35.5. The molecule has 3 atom stereocenters. The SMILES string of the molecule is COc1ccc([C@H]2O[C@H](c3ccccc3Cl)[C@@]3(O2)C(=O)N(C)c2ccccc23)cc1. The van der Waals surface area contributed by atoms with Crippen LogP contribution in [0.25, 0.3) is 0 Å². The minimum Gasteiger partial charge on any atom is -0.497 e. The predicted molar refractivity (Wildman–Crippen MR) is 114 cm³/mol. The van der Waals surface area contributed by atoms with E-state index >= 15 is 0 Å². The molecule has 0 bridgehead atoms. The van der Waals surface area contributed by atoms with Gasteiger partial charge in [-0.15, -0.1) is 0 Å². The van der Waals surface area contributed by atoms with Crippen LogP contribution in [0, 0.1) is 0 Å². The van der Waals surface area contributed by atoms with Crippen molar-refractivity contribution in [1.82, 2.24) is 0 Å². The summed E-state index contributed by atoms with van der Waals surface area (Å²) in [6, 6.07) is 22.5. The van der Waals surface area contributed by atoms with Crippen LogP contribution in [-0.2, 0) is 19.9 Å². The molecule has 2 heterocycles. The molecule has 3 aromatic rings. The largest absolute Gasteiger partial charge is 0.497 e. The number of hydrogen-bond acceptors (Lipinski definition) is 4. The van der Waals surface area contributed by atoms with Gasteiger partial charge in [0.1, 0.15) is 11.9 Å². The number of carbonyl (C=O) groups is 1. The number of fused-ring (bicyclic) bond motifs is 2. The molecule has 0 aliphatic carbocycles. The van der Waals surface area contributed by atoms with Gasteiger partial charge in [-0.3, -0.25) is 4.79 Å². The van der Waals surface area contributed by atoms with E-state index in [1.807, 2.05) is 66.7 Å². The van der Waals surface area contributed by atoms with E-state index in [0.29, 0.717) is 10.6 Å². The van der Waals surface area contributed by atoms with E-state index in [1.54, 1.807) is 25.1 Å². The van der Waals surface area contributed by atoms with Crippen molar-refractivity contribution in [2.24, 2.45) is 0 Å². The molecule has 2 aliphatic rings. The Morgan fingerprint density at radius 2 is 1.70 bits per heavy atom. The van der Waals surface area contributed by atoms with Crippen LogP contribution in [0.5, 0.6) is 5.75 Å². The summed E-state index contributed by atoms with van der Waals surface area (Å²) in [4.78, 5) is 15.2. The number of likely N-dealkylation sites (N-methyl/N-ethyl adjacent to an activating group) is 1. The first-order valence-corrected chi connectivity index (χ1v) is 10.0. The Labute approximate surface area is 179 Å². The number of amides is 1. The Kier molecular flexibility index (Phi) is 4.54. The number of para-hydroxylation sites is 1. The first-order valence-electron chi connectivity index (χ1n) is 9.65. The molecule has 3 aromatic carbocycles. The Bertz CT molecular complexity index is 1120. The molecule has 1 fully saturated rings. The molecule has 5 nitrogen and oxygen atoms in total. The van der Waals surface area contributed by atoms with Gasteiger partial charge in [-0.2, -0.15) is 0 Å². The van der Waals surface area contributed by atoms with Gasteiger partial charge in [0.2, 0.25) is 5.60 Å². The number of benzene rings is 3. The molecule has 5 rings (SSSR count). The minimum absolute atomic E-state index is 0.176. The lowest BCUT2D eigenvalue weighted by Crippen LogP contribution is -2.42. The molecule has 152 valence electrons. The van der Waals surface area contributed by atoms with Crippen LogP contribution in [0.15, 0.2) is 72.8 Å². The van der Waals surface area contributed by atoms with Crippen molar-refractivity contribution in [2.75, 3.05) is 19.1 Å². The minimum atomic E-state index is -1.32. The van der Waals surface area contributed by atoms with Crippen LogP contribution < -0.4 is 9.64 Å². The van der Waals surface area contributed by atoms with Crippen LogP contribution in [0.4, 0.5) is 5.69 Å². The maximum Gasteiger partial charge on any atom is 0.266 e. The molecule has 0 unspecified atom stereocenters. The van der Waals surface area contributed by atoms with Crippen molar-refractivity contribution < 1.29 is 19.0 Å². The molecule has 0 aromatic heterocycles. The zero-order valence-corrected chi connectivity index (χ0v) is 17.3. The summed E-state index contributed by atoms with van der Waals surface area (Å²) in [7, 11) is 3.37. The highest BCUT2D eigenvalue weighted by Gasteiger charge is 2.63. The number of ether oxygens (including phenoxy) is 3. The van der Waals surface area contributed by atoms with E-state index in [0.717, 1.165) is 22.6 Å². The fourth-order valence-electron chi connectivity index (χ4n) is 4.29. The summed E-state index contributed by atoms with van der Waals surface area (Å²) in [6.07, 6.45) is -1.43. The average Bonchev–Trinajstić information content (AvgIpc) is 3.28. The highest BCUT2D eigenvalue weighted by molar-refractivity contribution is 6.31. The van der Waals surface area contributed by atoms with Gasteiger partial charge in [0.25, 0.3) is 5.91 Å². The molecular formula is C24H20ClNO4. The molecule has 0 N–H and O–H groups in total. The van der Waals surface area contributed by atoms with Crippen molar-refractivity contribution in [3.8, 4) is 5.75 Å². The first-order chi connectivity index (χ1) is 14.6. The highest BCUT2D eigenvalue weighted by Crippen LogP contribution is 2.59. The summed E-state index contributed by atoms with van der Waals surface area (Å²) < 4.78 is 18.1. The molecule has 1 spiro atoms. The van der Waals surface area contributed by atoms with Crippen molar-refractivity contribution >= 4 is 23.2 Å². The zero-order chi connectivity index (χ0) is 20.9. The number of nitrogens with zero attached hydrogens (tertiary/aromatic N) is 1. The second-order valence-corrected chi connectivity index (χ2v) is 7.78. The molecule has 1 amide bonds. The second-order valence-electron chi connectivity index (χ2n) is 7.38. The van der Waals surface area contributed by atoms with E-state index in [1.165, 1.54) is 0 Å². The van der Waals surface area contributed by atoms with Gasteiger partial charge in [-0.25, -0.2) is 0 Å². The summed E-state index contributed by atoms with van der Waals surface area (Å²) in [5, 5.41) is 0.528. The van der Waals surface area contributed by atoms with Gasteiger partial charge in [0.05, 0.1) is 12.8 Å². The smallest absolute Gasteiger partial charge is 0.266 e. The van der Waals surface area contributed by atoms with Gasteiger partial charge < -0.3 is 19.1 Å². The zero-order valence-electron chi connectivity index (χ0n) is 16.5. The summed E-state index contributed by atoms with van der Waals surface area (Å²) >= 11 is 6.53. The lowest BCUT2D eigenvalue weighted by Gasteiger charge is -2.27. The molecule has 30 heavy (non-hydrogen) atoms. The fourth-order valence-corrected chi connectivity index (χ4v) is 4.52. The standard InChI is InChI=1S/C24H20ClNO4/c1-26-20-10-6-4-8-18(20)24(23(26)27)21(17-7-3-5-9-19(17)25)29-22(30-24)15-11-13-16(28-2)14-12-15/h3-14,21-22H,1-2H3/t21-,22+,24-/m1/s1. The summed E-state index contributed by atoms with van der Waals surface area (Å²) in [6.45, 7) is 0. The number of methoxy groups -OCH3 is 1. The van der Waals surface area contributed by atoms with Gasteiger partial charge in [-0.1, -0.05) is 60.1 Å². The summed E-state index contributed by atoms with van der Waals surface area (Å²) in [5.41, 5.74) is 1.77. The Morgan fingerprint density at radius 1 is 1.00 bits per heavy atom. The molecule has 6 heteroatoms. The fraction of sp³-hybridized carbons (Fsp3) is 0.208. The van der Waals surface area contributed by atoms with E-state index < -0.39 is 18.0 Å². The number of anilines is 1. The Balaban J connectivity index is 1.67. The van der Waals surface area contributed by atoms with E-state index in [2.05, 4.69) is 0 Å². The summed E-state index contributed by atoms with van der Waals surface area (Å²) in [5.74, 6) is 0.556. The van der Waals surface area contributed by atoms with Crippen molar-refractivity contribution in [3.63, 3.8) is 0 Å². The van der Waals surface area contributed by atoms with Crippen LogP contribution in [0.1, 0.15) is 29.1 Å². The van der Waals surface area contributed by atoms with E-state index in [4.69, 9.17) is 25.8 Å². The van der Waals surface area contributed by atoms with Crippen LogP contribution in [0.3, 0.4) is 0 Å². The van der Waals surface area contributed by atoms with Crippen LogP contribution in [0.2, 0.25) is 5.02 Å². The predicted octanol–water partition coefficient (Wildman–Crippen LogP) is 5.01. The normalized spacial score (nSPS) is 25.0. The number of carbonyl (C=O) groups excluding carboxylic acids is 1. The van der Waals surface area contributed by atoms with Crippen LogP contribution >= 0.6 is 11.6 Å². The molecule has 0 radical (unpaired) electrons. The Morgan fingerprint density at radius 3 is 2.43 bits per heavy atom. The third-order valence-electron chi connectivity index (χ3n) is 5.79. The Hall–Kier alpha value is -2.86. The van der Waals surface area contributed by atoms with Gasteiger partial charge in [0.15, 0.2) is 6.29 Å². The van der Waals surface area contributed by atoms with Gasteiger partial charge in [-0.05, 0) is 24.3 Å². The van der Waals surface area contributed by atoms with Crippen LogP contribution in [-0.4, -0.2) is 20.1 Å². The van der Waals surface area contributed by atoms with Gasteiger partial charge in [0, 0.05) is 28.8 Å². The number of rotatable bonds is 3. The average molecular weight is 422 g/mol. The lowest BCUT2D eigenvalue weighted by atomic mass is 9.85.